The van der Waals surface area contributed by atoms with Crippen LogP contribution in [0, 0.1) is 5.92 Å². The smallest absolute Gasteiger partial charge is 0.308 e. The minimum atomic E-state index is -2.35. The zero-order chi connectivity index (χ0) is 18.7. The van der Waals surface area contributed by atoms with Crippen molar-refractivity contribution in [2.45, 2.75) is 18.9 Å². The second kappa shape index (κ2) is 7.53. The molecule has 0 N–H and O–H groups in total. The Bertz CT molecular complexity index is 797. The minimum Gasteiger partial charge on any atom is -0.466 e. The Balaban J connectivity index is 1.93. The first kappa shape index (κ1) is 17.7. The van der Waals surface area contributed by atoms with Crippen LogP contribution < -0.4 is 15.6 Å². The van der Waals surface area contributed by atoms with Gasteiger partial charge in [-0.1, -0.05) is 91.0 Å². The van der Waals surface area contributed by atoms with Crippen LogP contribution >= 0.6 is 0 Å². The molecule has 0 aliphatic heterocycles. The van der Waals surface area contributed by atoms with Gasteiger partial charge in [0.2, 0.25) is 0 Å². The van der Waals surface area contributed by atoms with E-state index in [-0.39, 0.29) is 11.9 Å². The number of ether oxygens (including phenoxy) is 1. The lowest BCUT2D eigenvalue weighted by Crippen LogP contribution is -2.68. The van der Waals surface area contributed by atoms with Crippen LogP contribution in [0.3, 0.4) is 0 Å². The lowest BCUT2D eigenvalue weighted by Gasteiger charge is -2.34. The van der Waals surface area contributed by atoms with E-state index in [1.807, 2.05) is 6.92 Å². The molecule has 27 heavy (non-hydrogen) atoms. The summed E-state index contributed by atoms with van der Waals surface area (Å²) in [6.45, 7) is 2.32. The van der Waals surface area contributed by atoms with E-state index in [4.69, 9.17) is 4.74 Å². The van der Waals surface area contributed by atoms with E-state index in [9.17, 15) is 4.79 Å². The molecule has 3 aromatic carbocycles. The van der Waals surface area contributed by atoms with Crippen LogP contribution in [0.1, 0.15) is 13.3 Å². The van der Waals surface area contributed by atoms with Crippen LogP contribution in [-0.2, 0) is 9.53 Å². The largest absolute Gasteiger partial charge is 0.466 e. The summed E-state index contributed by atoms with van der Waals surface area (Å²) in [4.78, 5) is 12.6. The maximum atomic E-state index is 12.6. The molecule has 4 rings (SSSR count). The highest BCUT2D eigenvalue weighted by atomic mass is 28.3. The summed E-state index contributed by atoms with van der Waals surface area (Å²) in [7, 11) is -2.35. The van der Waals surface area contributed by atoms with E-state index in [1.165, 1.54) is 15.6 Å². The van der Waals surface area contributed by atoms with Crippen LogP contribution in [0.15, 0.2) is 91.0 Å². The fourth-order valence-corrected chi connectivity index (χ4v) is 10.2. The molecular weight excluding hydrogens is 348 g/mol. The Labute approximate surface area is 161 Å². The van der Waals surface area contributed by atoms with Crippen molar-refractivity contribution in [2.24, 2.45) is 5.92 Å². The second-order valence-corrected chi connectivity index (χ2v) is 11.2. The van der Waals surface area contributed by atoms with Gasteiger partial charge in [0.25, 0.3) is 0 Å². The van der Waals surface area contributed by atoms with E-state index in [1.54, 1.807) is 0 Å². The molecule has 0 aromatic heterocycles. The first-order chi connectivity index (χ1) is 13.3. The third-order valence-corrected chi connectivity index (χ3v) is 11.1. The molecule has 1 aliphatic rings. The Kier molecular flexibility index (Phi) is 4.95. The monoisotopic (exact) mass is 372 g/mol. The van der Waals surface area contributed by atoms with Crippen molar-refractivity contribution in [1.82, 2.24) is 0 Å². The van der Waals surface area contributed by atoms with E-state index in [0.717, 1.165) is 6.42 Å². The van der Waals surface area contributed by atoms with Gasteiger partial charge < -0.3 is 4.74 Å². The first-order valence-corrected chi connectivity index (χ1v) is 11.7. The number of esters is 1. The van der Waals surface area contributed by atoms with E-state index in [2.05, 4.69) is 91.0 Å². The topological polar surface area (TPSA) is 26.3 Å². The van der Waals surface area contributed by atoms with Crippen molar-refractivity contribution in [3.8, 4) is 0 Å². The second-order valence-electron chi connectivity index (χ2n) is 7.11. The molecule has 0 spiro atoms. The highest BCUT2D eigenvalue weighted by Crippen LogP contribution is 2.51. The summed E-state index contributed by atoms with van der Waals surface area (Å²) in [6, 6.07) is 32.3. The SMILES string of the molecule is CCOC(=O)[C@H]1C[C@@H]1[Si](c1ccccc1)(c1ccccc1)c1ccccc1. The standard InChI is InChI=1S/C24H24O2Si/c1-2-26-24(25)22-18-23(22)27(19-12-6-3-7-13-19,20-14-8-4-9-15-20)21-16-10-5-11-17-21/h3-17,22-23H,2,18H2,1H3/t22-,23-/m0/s1. The minimum absolute atomic E-state index is 0.00256. The van der Waals surface area contributed by atoms with Gasteiger partial charge in [-0.05, 0) is 34.4 Å². The predicted octanol–water partition coefficient (Wildman–Crippen LogP) is 3.11. The highest BCUT2D eigenvalue weighted by molar-refractivity contribution is 7.13. The van der Waals surface area contributed by atoms with Gasteiger partial charge in [-0.2, -0.15) is 0 Å². The Hall–Kier alpha value is -2.65. The van der Waals surface area contributed by atoms with Gasteiger partial charge >= 0.3 is 5.97 Å². The predicted molar refractivity (Wildman–Crippen MR) is 112 cm³/mol. The van der Waals surface area contributed by atoms with Crippen LogP contribution in [0.4, 0.5) is 0 Å². The van der Waals surface area contributed by atoms with Gasteiger partial charge in [0.1, 0.15) is 0 Å². The highest BCUT2D eigenvalue weighted by Gasteiger charge is 2.60. The average Bonchev–Trinajstić information content (AvgIpc) is 3.53. The number of benzene rings is 3. The molecular formula is C24H24O2Si. The Morgan fingerprint density at radius 3 is 1.59 bits per heavy atom. The van der Waals surface area contributed by atoms with Crippen molar-refractivity contribution in [2.75, 3.05) is 6.61 Å². The van der Waals surface area contributed by atoms with Crippen LogP contribution in [-0.4, -0.2) is 20.7 Å². The lowest BCUT2D eigenvalue weighted by molar-refractivity contribution is -0.144. The molecule has 1 aliphatic carbocycles. The summed E-state index contributed by atoms with van der Waals surface area (Å²) < 4.78 is 5.38. The first-order valence-electron chi connectivity index (χ1n) is 9.61. The van der Waals surface area contributed by atoms with Gasteiger partial charge in [0.05, 0.1) is 12.5 Å². The molecule has 3 aromatic rings. The van der Waals surface area contributed by atoms with Gasteiger partial charge in [0.15, 0.2) is 8.07 Å². The van der Waals surface area contributed by atoms with Crippen molar-refractivity contribution in [3.05, 3.63) is 91.0 Å². The van der Waals surface area contributed by atoms with Crippen LogP contribution in [0.25, 0.3) is 0 Å². The molecule has 1 saturated carbocycles. The molecule has 0 saturated heterocycles. The molecule has 0 radical (unpaired) electrons. The van der Waals surface area contributed by atoms with Crippen molar-refractivity contribution in [3.63, 3.8) is 0 Å². The number of rotatable bonds is 6. The van der Waals surface area contributed by atoms with Gasteiger partial charge in [-0.3, -0.25) is 4.79 Å². The summed E-state index contributed by atoms with van der Waals surface area (Å²) in [5, 5.41) is 4.08. The molecule has 0 heterocycles. The lowest BCUT2D eigenvalue weighted by atomic mass is 10.3. The molecule has 0 bridgehead atoms. The molecule has 0 amide bonds. The molecule has 3 heteroatoms. The number of hydrogen-bond donors (Lipinski definition) is 0. The maximum Gasteiger partial charge on any atom is 0.308 e. The Morgan fingerprint density at radius 2 is 1.22 bits per heavy atom. The molecule has 136 valence electrons. The fourth-order valence-electron chi connectivity index (χ4n) is 4.43. The van der Waals surface area contributed by atoms with Crippen molar-refractivity contribution >= 4 is 29.6 Å². The van der Waals surface area contributed by atoms with E-state index in [0.29, 0.717) is 12.1 Å². The van der Waals surface area contributed by atoms with E-state index >= 15 is 0 Å². The number of hydrogen-bond acceptors (Lipinski definition) is 2. The third-order valence-electron chi connectivity index (χ3n) is 5.62. The van der Waals surface area contributed by atoms with Crippen LogP contribution in [0.2, 0.25) is 5.54 Å². The third kappa shape index (κ3) is 3.13. The van der Waals surface area contributed by atoms with Gasteiger partial charge in [-0.15, -0.1) is 0 Å². The molecule has 2 nitrogen and oxygen atoms in total. The average molecular weight is 373 g/mol. The molecule has 0 unspecified atom stereocenters. The summed E-state index contributed by atoms with van der Waals surface area (Å²) in [5.74, 6) is -0.0422. The maximum absolute atomic E-state index is 12.6. The fraction of sp³-hybridized carbons (Fsp3) is 0.208. The van der Waals surface area contributed by atoms with Crippen molar-refractivity contribution < 1.29 is 9.53 Å². The van der Waals surface area contributed by atoms with E-state index < -0.39 is 8.07 Å². The van der Waals surface area contributed by atoms with Crippen molar-refractivity contribution in [1.29, 1.82) is 0 Å². The number of carbonyl (C=O) groups is 1. The zero-order valence-corrected chi connectivity index (χ0v) is 16.5. The normalized spacial score (nSPS) is 18.7. The quantitative estimate of drug-likeness (QED) is 0.378. The van der Waals surface area contributed by atoms with Gasteiger partial charge in [0, 0.05) is 0 Å². The van der Waals surface area contributed by atoms with Crippen LogP contribution in [0.5, 0.6) is 0 Å². The molecule has 1 fully saturated rings. The van der Waals surface area contributed by atoms with Gasteiger partial charge in [-0.25, -0.2) is 0 Å². The number of carbonyl (C=O) groups excluding carboxylic acids is 1. The Morgan fingerprint density at radius 1 is 0.815 bits per heavy atom. The zero-order valence-electron chi connectivity index (χ0n) is 15.5. The summed E-state index contributed by atoms with van der Waals surface area (Å²) in [6.07, 6.45) is 0.906. The summed E-state index contributed by atoms with van der Waals surface area (Å²) in [5.41, 5.74) is 0.323. The molecule has 2 atom stereocenters. The summed E-state index contributed by atoms with van der Waals surface area (Å²) >= 11 is 0.